The Kier molecular flexibility index (Phi) is 5.31. The molecule has 124 valence electrons. The second-order valence-electron chi connectivity index (χ2n) is 6.77. The number of piperidine rings is 1. The number of hydrogen-bond donors (Lipinski definition) is 2. The number of carbonyl (C=O) groups excluding carboxylic acids is 2. The van der Waals surface area contributed by atoms with Crippen molar-refractivity contribution in [2.45, 2.75) is 50.7 Å². The van der Waals surface area contributed by atoms with Crippen molar-refractivity contribution in [1.82, 2.24) is 15.5 Å². The van der Waals surface area contributed by atoms with Crippen LogP contribution in [-0.4, -0.2) is 61.6 Å². The summed E-state index contributed by atoms with van der Waals surface area (Å²) in [6.07, 6.45) is 6.32. The van der Waals surface area contributed by atoms with E-state index in [1.54, 1.807) is 0 Å². The summed E-state index contributed by atoms with van der Waals surface area (Å²) >= 11 is 0. The second kappa shape index (κ2) is 7.42. The molecule has 1 aliphatic carbocycles. The third kappa shape index (κ3) is 4.68. The number of carbonyl (C=O) groups is 2. The number of likely N-dealkylation sites (tertiary alicyclic amines) is 1. The predicted octanol–water partition coefficient (Wildman–Crippen LogP) is 0.272. The Morgan fingerprint density at radius 1 is 1.09 bits per heavy atom. The number of ether oxygens (including phenoxy) is 1. The van der Waals surface area contributed by atoms with Crippen molar-refractivity contribution in [3.8, 4) is 0 Å². The van der Waals surface area contributed by atoms with Gasteiger partial charge in [-0.3, -0.25) is 14.5 Å². The molecule has 6 nitrogen and oxygen atoms in total. The molecule has 1 atom stereocenters. The lowest BCUT2D eigenvalue weighted by Crippen LogP contribution is -2.45. The SMILES string of the molecule is O=C(CN1CCC(C(=O)NC2CC2)CC1)NCC1CCCO1. The van der Waals surface area contributed by atoms with E-state index in [9.17, 15) is 9.59 Å². The van der Waals surface area contributed by atoms with Gasteiger partial charge >= 0.3 is 0 Å². The topological polar surface area (TPSA) is 70.7 Å². The highest BCUT2D eigenvalue weighted by molar-refractivity contribution is 5.80. The van der Waals surface area contributed by atoms with Gasteiger partial charge in [-0.1, -0.05) is 0 Å². The third-order valence-electron chi connectivity index (χ3n) is 4.80. The minimum atomic E-state index is 0.0661. The minimum absolute atomic E-state index is 0.0661. The van der Waals surface area contributed by atoms with Crippen LogP contribution >= 0.6 is 0 Å². The fraction of sp³-hybridized carbons (Fsp3) is 0.875. The molecule has 6 heteroatoms. The van der Waals surface area contributed by atoms with Crippen LogP contribution in [0.4, 0.5) is 0 Å². The Morgan fingerprint density at radius 3 is 2.50 bits per heavy atom. The number of hydrogen-bond acceptors (Lipinski definition) is 4. The maximum atomic E-state index is 12.0. The van der Waals surface area contributed by atoms with Gasteiger partial charge in [0.05, 0.1) is 12.6 Å². The predicted molar refractivity (Wildman–Crippen MR) is 82.3 cm³/mol. The summed E-state index contributed by atoms with van der Waals surface area (Å²) in [5.41, 5.74) is 0. The molecule has 22 heavy (non-hydrogen) atoms. The van der Waals surface area contributed by atoms with Crippen LogP contribution in [0.3, 0.4) is 0 Å². The van der Waals surface area contributed by atoms with E-state index < -0.39 is 0 Å². The van der Waals surface area contributed by atoms with E-state index in [4.69, 9.17) is 4.74 Å². The molecular formula is C16H27N3O3. The monoisotopic (exact) mass is 309 g/mol. The van der Waals surface area contributed by atoms with E-state index in [1.807, 2.05) is 0 Å². The highest BCUT2D eigenvalue weighted by Crippen LogP contribution is 2.22. The standard InChI is InChI=1S/C16H27N3O3/c20-15(17-10-14-2-1-9-22-14)11-19-7-5-12(6-8-19)16(21)18-13-3-4-13/h12-14H,1-11H2,(H,17,20)(H,18,21). The fourth-order valence-electron chi connectivity index (χ4n) is 3.19. The van der Waals surface area contributed by atoms with Gasteiger partial charge in [0.15, 0.2) is 0 Å². The third-order valence-corrected chi connectivity index (χ3v) is 4.80. The lowest BCUT2D eigenvalue weighted by atomic mass is 9.96. The van der Waals surface area contributed by atoms with Gasteiger partial charge in [-0.2, -0.15) is 0 Å². The molecule has 2 N–H and O–H groups in total. The Balaban J connectivity index is 1.30. The zero-order chi connectivity index (χ0) is 15.4. The zero-order valence-corrected chi connectivity index (χ0v) is 13.2. The Morgan fingerprint density at radius 2 is 1.86 bits per heavy atom. The van der Waals surface area contributed by atoms with Crippen LogP contribution in [0.25, 0.3) is 0 Å². The lowest BCUT2D eigenvalue weighted by molar-refractivity contribution is -0.127. The number of nitrogens with zero attached hydrogens (tertiary/aromatic N) is 1. The maximum Gasteiger partial charge on any atom is 0.234 e. The molecule has 3 aliphatic rings. The molecule has 2 heterocycles. The van der Waals surface area contributed by atoms with Gasteiger partial charge < -0.3 is 15.4 Å². The van der Waals surface area contributed by atoms with E-state index in [1.165, 1.54) is 0 Å². The first-order valence-electron chi connectivity index (χ1n) is 8.62. The summed E-state index contributed by atoms with van der Waals surface area (Å²) in [7, 11) is 0. The van der Waals surface area contributed by atoms with Crippen LogP contribution in [0.2, 0.25) is 0 Å². The van der Waals surface area contributed by atoms with E-state index in [0.717, 1.165) is 58.2 Å². The van der Waals surface area contributed by atoms with Crippen molar-refractivity contribution in [3.05, 3.63) is 0 Å². The fourth-order valence-corrected chi connectivity index (χ4v) is 3.19. The van der Waals surface area contributed by atoms with Crippen LogP contribution in [0.5, 0.6) is 0 Å². The average molecular weight is 309 g/mol. The molecule has 2 saturated heterocycles. The summed E-state index contributed by atoms with van der Waals surface area (Å²) in [5.74, 6) is 0.410. The molecule has 1 saturated carbocycles. The molecule has 3 rings (SSSR count). The van der Waals surface area contributed by atoms with Crippen molar-refractivity contribution in [2.24, 2.45) is 5.92 Å². The summed E-state index contributed by atoms with van der Waals surface area (Å²) in [6, 6.07) is 0.439. The molecular weight excluding hydrogens is 282 g/mol. The molecule has 0 aromatic rings. The Hall–Kier alpha value is -1.14. The first-order chi connectivity index (χ1) is 10.7. The molecule has 0 aromatic carbocycles. The smallest absolute Gasteiger partial charge is 0.234 e. The summed E-state index contributed by atoms with van der Waals surface area (Å²) < 4.78 is 5.50. The van der Waals surface area contributed by atoms with Gasteiger partial charge in [0.1, 0.15) is 0 Å². The van der Waals surface area contributed by atoms with E-state index in [0.29, 0.717) is 19.1 Å². The Bertz CT molecular complexity index is 397. The molecule has 0 aromatic heterocycles. The van der Waals surface area contributed by atoms with Gasteiger partial charge in [0.25, 0.3) is 0 Å². The number of amides is 2. The van der Waals surface area contributed by atoms with Crippen molar-refractivity contribution in [3.63, 3.8) is 0 Å². The molecule has 0 bridgehead atoms. The lowest BCUT2D eigenvalue weighted by Gasteiger charge is -2.30. The minimum Gasteiger partial charge on any atom is -0.376 e. The van der Waals surface area contributed by atoms with Crippen molar-refractivity contribution < 1.29 is 14.3 Å². The first-order valence-corrected chi connectivity index (χ1v) is 8.62. The molecule has 0 spiro atoms. The normalized spacial score (nSPS) is 26.8. The first kappa shape index (κ1) is 15.7. The van der Waals surface area contributed by atoms with Gasteiger partial charge in [0.2, 0.25) is 11.8 Å². The summed E-state index contributed by atoms with van der Waals surface area (Å²) in [4.78, 5) is 26.1. The van der Waals surface area contributed by atoms with Gasteiger partial charge in [0, 0.05) is 25.1 Å². The highest BCUT2D eigenvalue weighted by atomic mass is 16.5. The molecule has 3 fully saturated rings. The molecule has 1 unspecified atom stereocenters. The van der Waals surface area contributed by atoms with Crippen LogP contribution in [0, 0.1) is 5.92 Å². The maximum absolute atomic E-state index is 12.0. The summed E-state index contributed by atoms with van der Waals surface area (Å²) in [5, 5.41) is 6.04. The van der Waals surface area contributed by atoms with Crippen LogP contribution < -0.4 is 10.6 Å². The number of nitrogens with one attached hydrogen (secondary N) is 2. The van der Waals surface area contributed by atoms with Gasteiger partial charge in [-0.05, 0) is 51.6 Å². The van der Waals surface area contributed by atoms with Crippen molar-refractivity contribution >= 4 is 11.8 Å². The van der Waals surface area contributed by atoms with Crippen molar-refractivity contribution in [2.75, 3.05) is 32.8 Å². The molecule has 2 aliphatic heterocycles. The van der Waals surface area contributed by atoms with Gasteiger partial charge in [-0.25, -0.2) is 0 Å². The van der Waals surface area contributed by atoms with Crippen LogP contribution in [0.15, 0.2) is 0 Å². The quantitative estimate of drug-likeness (QED) is 0.739. The van der Waals surface area contributed by atoms with E-state index in [2.05, 4.69) is 15.5 Å². The summed E-state index contributed by atoms with van der Waals surface area (Å²) in [6.45, 7) is 3.53. The Labute approximate surface area is 131 Å². The molecule has 2 amide bonds. The second-order valence-corrected chi connectivity index (χ2v) is 6.77. The van der Waals surface area contributed by atoms with E-state index >= 15 is 0 Å². The molecule has 0 radical (unpaired) electrons. The number of rotatable bonds is 6. The van der Waals surface area contributed by atoms with Crippen LogP contribution in [0.1, 0.15) is 38.5 Å². The average Bonchev–Trinajstić information content (AvgIpc) is 3.17. The van der Waals surface area contributed by atoms with Gasteiger partial charge in [-0.15, -0.1) is 0 Å². The van der Waals surface area contributed by atoms with E-state index in [-0.39, 0.29) is 23.8 Å². The zero-order valence-electron chi connectivity index (χ0n) is 13.2. The largest absolute Gasteiger partial charge is 0.376 e. The van der Waals surface area contributed by atoms with Crippen LogP contribution in [-0.2, 0) is 14.3 Å². The van der Waals surface area contributed by atoms with Crippen molar-refractivity contribution in [1.29, 1.82) is 0 Å². The highest BCUT2D eigenvalue weighted by Gasteiger charge is 2.30.